The van der Waals surface area contributed by atoms with E-state index >= 15 is 0 Å². The molecule has 0 saturated heterocycles. The van der Waals surface area contributed by atoms with Gasteiger partial charge in [0, 0.05) is 35.0 Å². The van der Waals surface area contributed by atoms with E-state index in [0.29, 0.717) is 39.9 Å². The molecule has 1 aliphatic carbocycles. The first-order valence-corrected chi connectivity index (χ1v) is 13.4. The summed E-state index contributed by atoms with van der Waals surface area (Å²) in [6, 6.07) is 9.68. The van der Waals surface area contributed by atoms with Gasteiger partial charge in [-0.05, 0) is 35.6 Å². The normalized spacial score (nSPS) is 20.7. The molecule has 3 aromatic rings. The van der Waals surface area contributed by atoms with Gasteiger partial charge in [-0.1, -0.05) is 62.2 Å². The number of aromatic nitrogens is 1. The van der Waals surface area contributed by atoms with Gasteiger partial charge in [-0.3, -0.25) is 9.99 Å². The number of hydrazine groups is 2. The maximum atomic E-state index is 13.2. The predicted molar refractivity (Wildman–Crippen MR) is 151 cm³/mol. The fraction of sp³-hybridized carbons (Fsp3) is 0.357. The van der Waals surface area contributed by atoms with Crippen molar-refractivity contribution >= 4 is 45.5 Å². The van der Waals surface area contributed by atoms with Crippen molar-refractivity contribution in [3.8, 4) is 6.07 Å². The van der Waals surface area contributed by atoms with Crippen molar-refractivity contribution in [2.24, 2.45) is 11.3 Å². The highest BCUT2D eigenvalue weighted by molar-refractivity contribution is 6.36. The van der Waals surface area contributed by atoms with Gasteiger partial charge in [-0.15, -0.1) is 5.53 Å². The minimum absolute atomic E-state index is 0.0503. The molecule has 3 atom stereocenters. The Hall–Kier alpha value is -3.39. The first-order chi connectivity index (χ1) is 19.2. The zero-order valence-electron chi connectivity index (χ0n) is 22.9. The Morgan fingerprint density at radius 2 is 1.98 bits per heavy atom. The van der Waals surface area contributed by atoms with E-state index in [9.17, 15) is 19.8 Å². The average molecular weight is 591 g/mol. The van der Waals surface area contributed by atoms with Crippen molar-refractivity contribution in [2.75, 3.05) is 17.2 Å². The second-order valence-electron chi connectivity index (χ2n) is 11.0. The number of nitrogens with one attached hydrogen (secondary N) is 4. The molecule has 1 aliphatic heterocycles. The summed E-state index contributed by atoms with van der Waals surface area (Å²) in [6.45, 7) is 6.75. The van der Waals surface area contributed by atoms with Gasteiger partial charge in [0.25, 0.3) is 0 Å². The Balaban J connectivity index is 1.58. The van der Waals surface area contributed by atoms with Crippen molar-refractivity contribution in [1.29, 1.82) is 5.26 Å². The molecule has 1 fully saturated rings. The van der Waals surface area contributed by atoms with E-state index in [1.54, 1.807) is 36.4 Å². The summed E-state index contributed by atoms with van der Waals surface area (Å²) in [4.78, 5) is 4.38. The fourth-order valence-electron chi connectivity index (χ4n) is 4.52. The van der Waals surface area contributed by atoms with Crippen LogP contribution in [-0.2, 0) is 0 Å². The molecule has 5 rings (SSSR count). The summed E-state index contributed by atoms with van der Waals surface area (Å²) in [5.41, 5.74) is 7.89. The van der Waals surface area contributed by atoms with E-state index in [4.69, 9.17) is 23.2 Å². The number of fused-ring (bicyclic) bond motifs is 1. The van der Waals surface area contributed by atoms with Gasteiger partial charge < -0.3 is 16.1 Å². The lowest BCUT2D eigenvalue weighted by Gasteiger charge is -2.24. The van der Waals surface area contributed by atoms with Crippen LogP contribution in [0.15, 0.2) is 54.5 Å². The van der Waals surface area contributed by atoms with Crippen LogP contribution in [0.5, 0.6) is 0 Å². The van der Waals surface area contributed by atoms with Gasteiger partial charge in [0.05, 0.1) is 46.8 Å². The summed E-state index contributed by atoms with van der Waals surface area (Å²) in [6.07, 6.45) is -1.44. The molecular formula is C28H28Cl2F3N7. The van der Waals surface area contributed by atoms with Crippen molar-refractivity contribution < 1.29 is 14.5 Å². The standard InChI is InChI=1S/C28H28Cl2F3N7/c1-27(2,3)14-36-24-15(11-34)12-35-25-18(24)8-16(9-21(25)30)37-26(17-6-4-5-7-20(17)29)22-13-40(39-38-22)23-10-19(23)28(31,32)33/h4-9,12-13,19,23,26,37-39H,10,14H2,1-3H3,(H,35,36)/t19-,23?,26+/m0/s1/i26D. The summed E-state index contributed by atoms with van der Waals surface area (Å²) in [5.74, 6) is -1.46. The molecule has 0 radical (unpaired) electrons. The highest BCUT2D eigenvalue weighted by atomic mass is 35.5. The van der Waals surface area contributed by atoms with Crippen LogP contribution in [0.2, 0.25) is 10.0 Å². The maximum absolute atomic E-state index is 13.2. The number of halogens is 5. The highest BCUT2D eigenvalue weighted by Gasteiger charge is 2.58. The molecule has 0 bridgehead atoms. The molecule has 7 nitrogen and oxygen atoms in total. The Morgan fingerprint density at radius 3 is 2.62 bits per heavy atom. The van der Waals surface area contributed by atoms with Crippen LogP contribution >= 0.6 is 23.2 Å². The molecule has 40 heavy (non-hydrogen) atoms. The number of anilines is 2. The van der Waals surface area contributed by atoms with Gasteiger partial charge in [-0.2, -0.15) is 18.4 Å². The van der Waals surface area contributed by atoms with E-state index in [1.165, 1.54) is 17.4 Å². The highest BCUT2D eigenvalue weighted by Crippen LogP contribution is 2.48. The Morgan fingerprint density at radius 1 is 1.23 bits per heavy atom. The SMILES string of the molecule is [2H][C@](Nc1cc(Cl)c2ncc(C#N)c(NCC(C)(C)C)c2c1)(C1=CN(C2C[C@@H]2C(F)(F)F)NN1)c1ccccc1Cl. The number of hydrogen-bond acceptors (Lipinski definition) is 7. The number of benzene rings is 2. The van der Waals surface area contributed by atoms with Crippen molar-refractivity contribution in [1.82, 2.24) is 21.0 Å². The predicted octanol–water partition coefficient (Wildman–Crippen LogP) is 7.14. The van der Waals surface area contributed by atoms with E-state index in [1.807, 2.05) is 0 Å². The van der Waals surface area contributed by atoms with Crippen molar-refractivity contribution in [3.05, 3.63) is 75.7 Å². The van der Waals surface area contributed by atoms with Crippen LogP contribution in [0.25, 0.3) is 10.9 Å². The largest absolute Gasteiger partial charge is 0.393 e. The van der Waals surface area contributed by atoms with Crippen LogP contribution in [0.4, 0.5) is 24.5 Å². The second kappa shape index (κ2) is 10.5. The molecule has 2 aromatic carbocycles. The van der Waals surface area contributed by atoms with Crippen LogP contribution in [-0.4, -0.2) is 28.8 Å². The molecule has 0 amide bonds. The monoisotopic (exact) mass is 590 g/mol. The molecule has 2 aliphatic rings. The number of rotatable bonds is 7. The average Bonchev–Trinajstić information content (AvgIpc) is 3.56. The molecule has 1 aromatic heterocycles. The Bertz CT molecular complexity index is 1570. The first kappa shape index (κ1) is 26.8. The Kier molecular flexibility index (Phi) is 7.07. The second-order valence-corrected chi connectivity index (χ2v) is 11.9. The molecule has 0 spiro atoms. The third-order valence-electron chi connectivity index (χ3n) is 6.64. The van der Waals surface area contributed by atoms with Gasteiger partial charge >= 0.3 is 6.18 Å². The topological polar surface area (TPSA) is 88.0 Å². The maximum Gasteiger partial charge on any atom is 0.393 e. The molecule has 4 N–H and O–H groups in total. The molecule has 1 saturated carbocycles. The smallest absolute Gasteiger partial charge is 0.383 e. The van der Waals surface area contributed by atoms with Crippen LogP contribution in [0.3, 0.4) is 0 Å². The lowest BCUT2D eigenvalue weighted by atomic mass is 9.96. The van der Waals surface area contributed by atoms with Gasteiger partial charge in [0.2, 0.25) is 0 Å². The number of hydrogen-bond donors (Lipinski definition) is 4. The summed E-state index contributed by atoms with van der Waals surface area (Å²) in [5, 5.41) is 18.8. The minimum atomic E-state index is -4.31. The lowest BCUT2D eigenvalue weighted by molar-refractivity contribution is -0.152. The number of alkyl halides is 3. The zero-order chi connectivity index (χ0) is 29.7. The third kappa shape index (κ3) is 5.87. The van der Waals surface area contributed by atoms with Crippen LogP contribution < -0.4 is 21.6 Å². The van der Waals surface area contributed by atoms with Crippen LogP contribution in [0, 0.1) is 22.7 Å². The first-order valence-electron chi connectivity index (χ1n) is 13.1. The zero-order valence-corrected chi connectivity index (χ0v) is 23.4. The molecular weight excluding hydrogens is 562 g/mol. The van der Waals surface area contributed by atoms with Crippen molar-refractivity contribution in [3.63, 3.8) is 0 Å². The summed E-state index contributed by atoms with van der Waals surface area (Å²) < 4.78 is 49.3. The molecule has 210 valence electrons. The number of pyridine rings is 1. The van der Waals surface area contributed by atoms with E-state index in [0.717, 1.165) is 0 Å². The summed E-state index contributed by atoms with van der Waals surface area (Å²) in [7, 11) is 0. The van der Waals surface area contributed by atoms with Gasteiger partial charge in [0.15, 0.2) is 0 Å². The quantitative estimate of drug-likeness (QED) is 0.232. The number of nitriles is 1. The minimum Gasteiger partial charge on any atom is -0.383 e. The van der Waals surface area contributed by atoms with E-state index in [2.05, 4.69) is 53.4 Å². The fourth-order valence-corrected chi connectivity index (χ4v) is 5.02. The van der Waals surface area contributed by atoms with E-state index in [-0.39, 0.29) is 27.6 Å². The summed E-state index contributed by atoms with van der Waals surface area (Å²) >= 11 is 13.2. The molecule has 12 heteroatoms. The Labute approximate surface area is 241 Å². The lowest BCUT2D eigenvalue weighted by Crippen LogP contribution is -2.40. The van der Waals surface area contributed by atoms with E-state index < -0.39 is 24.2 Å². The van der Waals surface area contributed by atoms with Gasteiger partial charge in [-0.25, -0.2) is 0 Å². The van der Waals surface area contributed by atoms with Crippen LogP contribution in [0.1, 0.15) is 45.7 Å². The van der Waals surface area contributed by atoms with Crippen molar-refractivity contribution in [2.45, 2.75) is 45.4 Å². The molecule has 1 unspecified atom stereocenters. The number of nitrogens with zero attached hydrogens (tertiary/aromatic N) is 3. The molecule has 2 heterocycles. The third-order valence-corrected chi connectivity index (χ3v) is 7.26. The van der Waals surface area contributed by atoms with Gasteiger partial charge in [0.1, 0.15) is 6.07 Å².